The molecule has 0 aliphatic carbocycles. The third-order valence-corrected chi connectivity index (χ3v) is 3.33. The lowest BCUT2D eigenvalue weighted by Crippen LogP contribution is -2.03. The van der Waals surface area contributed by atoms with Gasteiger partial charge in [-0.15, -0.1) is 0 Å². The Morgan fingerprint density at radius 3 is 2.95 bits per heavy atom. The van der Waals surface area contributed by atoms with Gasteiger partial charge in [0, 0.05) is 25.4 Å². The first-order valence-electron chi connectivity index (χ1n) is 6.90. The molecule has 0 aliphatic heterocycles. The molecule has 0 amide bonds. The Bertz CT molecular complexity index is 751. The zero-order valence-electron chi connectivity index (χ0n) is 12.2. The van der Waals surface area contributed by atoms with Crippen molar-refractivity contribution >= 4 is 22.5 Å². The van der Waals surface area contributed by atoms with Crippen LogP contribution in [0.3, 0.4) is 0 Å². The molecule has 3 rings (SSSR count). The number of rotatable bonds is 5. The van der Waals surface area contributed by atoms with Crippen molar-refractivity contribution in [2.45, 2.75) is 13.5 Å². The molecule has 0 saturated carbocycles. The summed E-state index contributed by atoms with van der Waals surface area (Å²) in [4.78, 5) is 8.76. The summed E-state index contributed by atoms with van der Waals surface area (Å²) in [5.41, 5.74) is 4.19. The molecule has 1 aromatic carbocycles. The first-order valence-corrected chi connectivity index (χ1v) is 6.90. The van der Waals surface area contributed by atoms with Crippen LogP contribution < -0.4 is 5.32 Å². The molecule has 0 aliphatic rings. The number of aromatic nitrogens is 3. The van der Waals surface area contributed by atoms with Gasteiger partial charge < -0.3 is 14.6 Å². The quantitative estimate of drug-likeness (QED) is 0.781. The molecule has 21 heavy (non-hydrogen) atoms. The van der Waals surface area contributed by atoms with Crippen molar-refractivity contribution in [1.82, 2.24) is 14.5 Å². The van der Waals surface area contributed by atoms with E-state index in [9.17, 15) is 0 Å². The van der Waals surface area contributed by atoms with E-state index in [0.29, 0.717) is 6.61 Å². The first kappa shape index (κ1) is 13.6. The Labute approximate surface area is 123 Å². The van der Waals surface area contributed by atoms with Gasteiger partial charge >= 0.3 is 0 Å². The monoisotopic (exact) mass is 282 g/mol. The number of nitrogens with one attached hydrogen (secondary N) is 1. The summed E-state index contributed by atoms with van der Waals surface area (Å²) >= 11 is 0. The Hall–Kier alpha value is -2.40. The number of pyridine rings is 1. The third kappa shape index (κ3) is 3.03. The van der Waals surface area contributed by atoms with Crippen molar-refractivity contribution in [2.75, 3.05) is 19.0 Å². The molecule has 2 aromatic heterocycles. The molecule has 3 aromatic rings. The number of fused-ring (bicyclic) bond motifs is 1. The Morgan fingerprint density at radius 1 is 1.24 bits per heavy atom. The van der Waals surface area contributed by atoms with Crippen LogP contribution in [-0.4, -0.2) is 28.3 Å². The number of hydrogen-bond donors (Lipinski definition) is 1. The van der Waals surface area contributed by atoms with Crippen LogP contribution in [-0.2, 0) is 11.3 Å². The normalized spacial score (nSPS) is 11.0. The predicted octanol–water partition coefficient (Wildman–Crippen LogP) is 3.13. The minimum absolute atomic E-state index is 0.661. The minimum Gasteiger partial charge on any atom is -0.383 e. The molecule has 5 heteroatoms. The summed E-state index contributed by atoms with van der Waals surface area (Å²) in [5, 5.41) is 3.33. The Kier molecular flexibility index (Phi) is 3.83. The second kappa shape index (κ2) is 5.93. The molecule has 2 heterocycles. The van der Waals surface area contributed by atoms with Crippen molar-refractivity contribution in [3.8, 4) is 0 Å². The van der Waals surface area contributed by atoms with Crippen molar-refractivity contribution < 1.29 is 4.74 Å². The molecule has 0 atom stereocenters. The molecule has 108 valence electrons. The maximum Gasteiger partial charge on any atom is 0.132 e. The van der Waals surface area contributed by atoms with Gasteiger partial charge in [-0.25, -0.2) is 9.97 Å². The zero-order valence-corrected chi connectivity index (χ0v) is 12.2. The minimum atomic E-state index is 0.661. The maximum atomic E-state index is 5.12. The molecule has 0 fully saturated rings. The third-order valence-electron chi connectivity index (χ3n) is 3.33. The maximum absolute atomic E-state index is 5.12. The molecular formula is C16H18N4O. The van der Waals surface area contributed by atoms with Crippen LogP contribution >= 0.6 is 0 Å². The number of ether oxygens (including phenoxy) is 1. The van der Waals surface area contributed by atoms with Gasteiger partial charge in [0.15, 0.2) is 0 Å². The smallest absolute Gasteiger partial charge is 0.132 e. The largest absolute Gasteiger partial charge is 0.383 e. The fourth-order valence-electron chi connectivity index (χ4n) is 2.27. The number of methoxy groups -OCH3 is 1. The lowest BCUT2D eigenvalue weighted by Gasteiger charge is -2.07. The molecular weight excluding hydrogens is 264 g/mol. The van der Waals surface area contributed by atoms with E-state index in [1.165, 1.54) is 5.56 Å². The summed E-state index contributed by atoms with van der Waals surface area (Å²) in [6, 6.07) is 10.2. The van der Waals surface area contributed by atoms with Crippen LogP contribution in [0.5, 0.6) is 0 Å². The van der Waals surface area contributed by atoms with E-state index in [1.54, 1.807) is 13.3 Å². The number of hydrogen-bond acceptors (Lipinski definition) is 4. The zero-order chi connectivity index (χ0) is 14.7. The Morgan fingerprint density at radius 2 is 2.14 bits per heavy atom. The van der Waals surface area contributed by atoms with Crippen molar-refractivity contribution in [3.63, 3.8) is 0 Å². The highest BCUT2D eigenvalue weighted by Gasteiger charge is 2.05. The average molecular weight is 282 g/mol. The van der Waals surface area contributed by atoms with E-state index in [4.69, 9.17) is 4.74 Å². The van der Waals surface area contributed by atoms with Crippen LogP contribution in [0.15, 0.2) is 42.9 Å². The highest BCUT2D eigenvalue weighted by Crippen LogP contribution is 2.20. The molecule has 0 radical (unpaired) electrons. The predicted molar refractivity (Wildman–Crippen MR) is 83.9 cm³/mol. The number of benzene rings is 1. The van der Waals surface area contributed by atoms with Gasteiger partial charge in [-0.1, -0.05) is 12.1 Å². The lowest BCUT2D eigenvalue weighted by atomic mass is 10.2. The second-order valence-corrected chi connectivity index (χ2v) is 4.98. The van der Waals surface area contributed by atoms with E-state index in [1.807, 2.05) is 24.5 Å². The van der Waals surface area contributed by atoms with Crippen LogP contribution in [0.4, 0.5) is 11.5 Å². The second-order valence-electron chi connectivity index (χ2n) is 4.98. The summed E-state index contributed by atoms with van der Waals surface area (Å²) in [6.45, 7) is 3.51. The molecule has 0 unspecified atom stereocenters. The van der Waals surface area contributed by atoms with Gasteiger partial charge in [0.05, 0.1) is 24.6 Å². The SMILES string of the molecule is COCCn1cnc2cnc(Nc3cccc(C)c3)cc21. The molecule has 0 spiro atoms. The summed E-state index contributed by atoms with van der Waals surface area (Å²) in [6.07, 6.45) is 3.61. The van der Waals surface area contributed by atoms with Gasteiger partial charge in [-0.3, -0.25) is 0 Å². The standard InChI is InChI=1S/C16H18N4O/c1-12-4-3-5-13(8-12)19-16-9-15-14(10-17-16)18-11-20(15)6-7-21-2/h3-5,8-11H,6-7H2,1-2H3,(H,17,19). The summed E-state index contributed by atoms with van der Waals surface area (Å²) in [7, 11) is 1.70. The lowest BCUT2D eigenvalue weighted by molar-refractivity contribution is 0.188. The van der Waals surface area contributed by atoms with Crippen LogP contribution in [0, 0.1) is 6.92 Å². The van der Waals surface area contributed by atoms with Crippen LogP contribution in [0.25, 0.3) is 11.0 Å². The summed E-state index contributed by atoms with van der Waals surface area (Å²) in [5.74, 6) is 0.812. The van der Waals surface area contributed by atoms with Gasteiger partial charge in [-0.05, 0) is 24.6 Å². The van der Waals surface area contributed by atoms with Gasteiger partial charge in [0.25, 0.3) is 0 Å². The number of aryl methyl sites for hydroxylation is 1. The fourth-order valence-corrected chi connectivity index (χ4v) is 2.27. The van der Waals surface area contributed by atoms with E-state index in [-0.39, 0.29) is 0 Å². The topological polar surface area (TPSA) is 52.0 Å². The molecule has 1 N–H and O–H groups in total. The molecule has 5 nitrogen and oxygen atoms in total. The van der Waals surface area contributed by atoms with E-state index >= 15 is 0 Å². The van der Waals surface area contributed by atoms with Crippen molar-refractivity contribution in [1.29, 1.82) is 0 Å². The van der Waals surface area contributed by atoms with Crippen molar-refractivity contribution in [2.24, 2.45) is 0 Å². The van der Waals surface area contributed by atoms with Gasteiger partial charge in [0.1, 0.15) is 11.3 Å². The fraction of sp³-hybridized carbons (Fsp3) is 0.250. The van der Waals surface area contributed by atoms with E-state index < -0.39 is 0 Å². The van der Waals surface area contributed by atoms with Crippen molar-refractivity contribution in [3.05, 3.63) is 48.4 Å². The van der Waals surface area contributed by atoms with E-state index in [2.05, 4.69) is 38.9 Å². The highest BCUT2D eigenvalue weighted by molar-refractivity contribution is 5.78. The van der Waals surface area contributed by atoms with E-state index in [0.717, 1.165) is 29.1 Å². The first-order chi connectivity index (χ1) is 10.3. The number of imidazole rings is 1. The van der Waals surface area contributed by atoms with Crippen LogP contribution in [0.2, 0.25) is 0 Å². The highest BCUT2D eigenvalue weighted by atomic mass is 16.5. The molecule has 0 bridgehead atoms. The average Bonchev–Trinajstić information content (AvgIpc) is 2.87. The van der Waals surface area contributed by atoms with Crippen LogP contribution in [0.1, 0.15) is 5.56 Å². The Balaban J connectivity index is 1.89. The number of nitrogens with zero attached hydrogens (tertiary/aromatic N) is 3. The number of anilines is 2. The molecule has 0 saturated heterocycles. The van der Waals surface area contributed by atoms with Gasteiger partial charge in [-0.2, -0.15) is 0 Å². The summed E-state index contributed by atoms with van der Waals surface area (Å²) < 4.78 is 7.19. The van der Waals surface area contributed by atoms with Gasteiger partial charge in [0.2, 0.25) is 0 Å².